The molecule has 1 fully saturated rings. The van der Waals surface area contributed by atoms with Crippen LogP contribution in [0.5, 0.6) is 0 Å². The minimum atomic E-state index is 0.412. The average molecular weight is 273 g/mol. The molecular formula is C17H27N3. The van der Waals surface area contributed by atoms with Gasteiger partial charge in [-0.25, -0.2) is 9.97 Å². The summed E-state index contributed by atoms with van der Waals surface area (Å²) in [6.45, 7) is 9.58. The van der Waals surface area contributed by atoms with E-state index >= 15 is 0 Å². The second-order valence-electron chi connectivity index (χ2n) is 8.26. The van der Waals surface area contributed by atoms with Gasteiger partial charge in [-0.05, 0) is 49.4 Å². The smallest absolute Gasteiger partial charge is 0.133 e. The van der Waals surface area contributed by atoms with Gasteiger partial charge in [-0.3, -0.25) is 0 Å². The van der Waals surface area contributed by atoms with E-state index in [-0.39, 0.29) is 0 Å². The van der Waals surface area contributed by atoms with Crippen LogP contribution in [0.3, 0.4) is 0 Å². The Labute approximate surface area is 122 Å². The third-order valence-corrected chi connectivity index (χ3v) is 4.77. The summed E-state index contributed by atoms with van der Waals surface area (Å²) in [6.07, 6.45) is 8.98. The predicted molar refractivity (Wildman–Crippen MR) is 82.9 cm³/mol. The first kappa shape index (κ1) is 13.8. The summed E-state index contributed by atoms with van der Waals surface area (Å²) in [5.74, 6) is 1.10. The van der Waals surface area contributed by atoms with Gasteiger partial charge in [-0.15, -0.1) is 0 Å². The first-order valence-corrected chi connectivity index (χ1v) is 7.94. The van der Waals surface area contributed by atoms with Crippen LogP contribution in [-0.2, 0) is 12.8 Å². The second-order valence-corrected chi connectivity index (χ2v) is 8.26. The van der Waals surface area contributed by atoms with Crippen molar-refractivity contribution in [2.24, 2.45) is 10.8 Å². The van der Waals surface area contributed by atoms with Gasteiger partial charge in [0.2, 0.25) is 0 Å². The molecular weight excluding hydrogens is 246 g/mol. The molecule has 0 radical (unpaired) electrons. The van der Waals surface area contributed by atoms with Crippen LogP contribution in [0.2, 0.25) is 0 Å². The van der Waals surface area contributed by atoms with Crippen molar-refractivity contribution in [3.63, 3.8) is 0 Å². The fraction of sp³-hybridized carbons (Fsp3) is 0.765. The fourth-order valence-electron chi connectivity index (χ4n) is 4.63. The maximum atomic E-state index is 4.52. The first-order valence-electron chi connectivity index (χ1n) is 7.94. The lowest BCUT2D eigenvalue weighted by Crippen LogP contribution is -2.40. The van der Waals surface area contributed by atoms with Crippen molar-refractivity contribution in [1.29, 1.82) is 0 Å². The Morgan fingerprint density at radius 2 is 1.75 bits per heavy atom. The second kappa shape index (κ2) is 4.71. The monoisotopic (exact) mass is 273 g/mol. The third-order valence-electron chi connectivity index (χ3n) is 4.77. The Bertz CT molecular complexity index is 489. The molecule has 3 rings (SSSR count). The Morgan fingerprint density at radius 3 is 2.45 bits per heavy atom. The number of nitrogens with one attached hydrogen (secondary N) is 1. The van der Waals surface area contributed by atoms with E-state index in [9.17, 15) is 0 Å². The Hall–Kier alpha value is -1.12. The van der Waals surface area contributed by atoms with Gasteiger partial charge in [0.25, 0.3) is 0 Å². The summed E-state index contributed by atoms with van der Waals surface area (Å²) in [5.41, 5.74) is 3.45. The number of nitrogens with zero attached hydrogens (tertiary/aromatic N) is 2. The van der Waals surface area contributed by atoms with Gasteiger partial charge >= 0.3 is 0 Å². The number of aromatic nitrogens is 2. The minimum absolute atomic E-state index is 0.412. The van der Waals surface area contributed by atoms with Crippen molar-refractivity contribution in [3.05, 3.63) is 17.6 Å². The molecule has 0 aromatic carbocycles. The van der Waals surface area contributed by atoms with Gasteiger partial charge in [0.1, 0.15) is 12.1 Å². The molecule has 20 heavy (non-hydrogen) atoms. The molecule has 0 atom stereocenters. The Kier molecular flexibility index (Phi) is 3.26. The van der Waals surface area contributed by atoms with Gasteiger partial charge in [0.05, 0.1) is 0 Å². The molecule has 0 spiro atoms. The summed E-state index contributed by atoms with van der Waals surface area (Å²) < 4.78 is 0. The van der Waals surface area contributed by atoms with Crippen LogP contribution in [0.15, 0.2) is 6.33 Å². The van der Waals surface area contributed by atoms with E-state index < -0.39 is 0 Å². The highest BCUT2D eigenvalue weighted by Gasteiger charge is 2.38. The SMILES string of the molecule is CC1(C)CC(Nc2ncnc3c2CCC3)CC(C)(C)C1. The van der Waals surface area contributed by atoms with Crippen LogP contribution < -0.4 is 5.32 Å². The molecule has 3 heteroatoms. The van der Waals surface area contributed by atoms with Crippen LogP contribution in [0.1, 0.15) is 64.6 Å². The molecule has 1 N–H and O–H groups in total. The highest BCUT2D eigenvalue weighted by molar-refractivity contribution is 5.48. The lowest BCUT2D eigenvalue weighted by atomic mass is 9.63. The van der Waals surface area contributed by atoms with E-state index in [2.05, 4.69) is 43.0 Å². The van der Waals surface area contributed by atoms with Crippen molar-refractivity contribution in [1.82, 2.24) is 9.97 Å². The van der Waals surface area contributed by atoms with Gasteiger partial charge in [-0.2, -0.15) is 0 Å². The standard InChI is InChI=1S/C17H27N3/c1-16(2)8-12(9-17(3,4)10-16)20-15-13-6-5-7-14(13)18-11-19-15/h11-12H,5-10H2,1-4H3,(H,18,19,20). The lowest BCUT2D eigenvalue weighted by molar-refractivity contribution is 0.105. The zero-order chi connectivity index (χ0) is 14.4. The van der Waals surface area contributed by atoms with Crippen molar-refractivity contribution in [3.8, 4) is 0 Å². The zero-order valence-corrected chi connectivity index (χ0v) is 13.3. The van der Waals surface area contributed by atoms with E-state index in [4.69, 9.17) is 0 Å². The highest BCUT2D eigenvalue weighted by atomic mass is 15.0. The molecule has 2 aliphatic rings. The third kappa shape index (κ3) is 2.82. The molecule has 3 nitrogen and oxygen atoms in total. The summed E-state index contributed by atoms with van der Waals surface area (Å²) in [6, 6.07) is 0.536. The number of anilines is 1. The zero-order valence-electron chi connectivity index (χ0n) is 13.3. The molecule has 1 saturated carbocycles. The molecule has 110 valence electrons. The van der Waals surface area contributed by atoms with Crippen LogP contribution in [0.25, 0.3) is 0 Å². The quantitative estimate of drug-likeness (QED) is 0.885. The van der Waals surface area contributed by atoms with Gasteiger partial charge in [0.15, 0.2) is 0 Å². The maximum Gasteiger partial charge on any atom is 0.133 e. The van der Waals surface area contributed by atoms with E-state index in [1.54, 1.807) is 6.33 Å². The number of fused-ring (bicyclic) bond motifs is 1. The molecule has 0 saturated heterocycles. The minimum Gasteiger partial charge on any atom is -0.367 e. The number of hydrogen-bond donors (Lipinski definition) is 1. The van der Waals surface area contributed by atoms with Crippen LogP contribution >= 0.6 is 0 Å². The molecule has 1 heterocycles. The number of aryl methyl sites for hydroxylation is 1. The average Bonchev–Trinajstić information content (AvgIpc) is 2.73. The van der Waals surface area contributed by atoms with Gasteiger partial charge in [-0.1, -0.05) is 27.7 Å². The normalized spacial score (nSPS) is 24.4. The maximum absolute atomic E-state index is 4.52. The van der Waals surface area contributed by atoms with Crippen LogP contribution in [-0.4, -0.2) is 16.0 Å². The molecule has 1 aromatic heterocycles. The van der Waals surface area contributed by atoms with Crippen molar-refractivity contribution in [2.75, 3.05) is 5.32 Å². The topological polar surface area (TPSA) is 37.8 Å². The summed E-state index contributed by atoms with van der Waals surface area (Å²) in [5, 5.41) is 3.74. The highest BCUT2D eigenvalue weighted by Crippen LogP contribution is 2.46. The summed E-state index contributed by atoms with van der Waals surface area (Å²) >= 11 is 0. The Morgan fingerprint density at radius 1 is 1.05 bits per heavy atom. The van der Waals surface area contributed by atoms with Crippen LogP contribution in [0, 0.1) is 10.8 Å². The summed E-state index contributed by atoms with van der Waals surface area (Å²) in [7, 11) is 0. The first-order chi connectivity index (χ1) is 9.35. The van der Waals surface area contributed by atoms with Gasteiger partial charge < -0.3 is 5.32 Å². The van der Waals surface area contributed by atoms with E-state index in [0.29, 0.717) is 16.9 Å². The largest absolute Gasteiger partial charge is 0.367 e. The predicted octanol–water partition coefficient (Wildman–Crippen LogP) is 3.98. The Balaban J connectivity index is 1.80. The van der Waals surface area contributed by atoms with Crippen molar-refractivity contribution in [2.45, 2.75) is 72.3 Å². The van der Waals surface area contributed by atoms with E-state index in [1.165, 1.54) is 36.9 Å². The number of rotatable bonds is 2. The molecule has 2 aliphatic carbocycles. The molecule has 1 aromatic rings. The van der Waals surface area contributed by atoms with Crippen LogP contribution in [0.4, 0.5) is 5.82 Å². The van der Waals surface area contributed by atoms with Crippen molar-refractivity contribution < 1.29 is 0 Å². The van der Waals surface area contributed by atoms with Crippen molar-refractivity contribution >= 4 is 5.82 Å². The molecule has 0 bridgehead atoms. The summed E-state index contributed by atoms with van der Waals surface area (Å²) in [4.78, 5) is 8.94. The molecule has 0 unspecified atom stereocenters. The molecule has 0 aliphatic heterocycles. The lowest BCUT2D eigenvalue weighted by Gasteiger charge is -2.45. The molecule has 0 amide bonds. The fourth-order valence-corrected chi connectivity index (χ4v) is 4.63. The van der Waals surface area contributed by atoms with Gasteiger partial charge in [0, 0.05) is 17.3 Å². The van der Waals surface area contributed by atoms with E-state index in [1.807, 2.05) is 0 Å². The van der Waals surface area contributed by atoms with E-state index in [0.717, 1.165) is 18.7 Å². The number of hydrogen-bond acceptors (Lipinski definition) is 3.